The van der Waals surface area contributed by atoms with Gasteiger partial charge >= 0.3 is 0 Å². The van der Waals surface area contributed by atoms with Crippen LogP contribution >= 0.6 is 24.0 Å². The molecule has 22 heavy (non-hydrogen) atoms. The molecule has 0 aliphatic carbocycles. The summed E-state index contributed by atoms with van der Waals surface area (Å²) in [4.78, 5) is 6.54. The molecule has 0 radical (unpaired) electrons. The van der Waals surface area contributed by atoms with Crippen molar-refractivity contribution in [3.8, 4) is 0 Å². The predicted molar refractivity (Wildman–Crippen MR) is 102 cm³/mol. The normalized spacial score (nSPS) is 12.7. The highest BCUT2D eigenvalue weighted by atomic mass is 127. The van der Waals surface area contributed by atoms with Crippen LogP contribution in [0.2, 0.25) is 0 Å². The van der Waals surface area contributed by atoms with Crippen molar-refractivity contribution in [2.75, 3.05) is 26.7 Å². The lowest BCUT2D eigenvalue weighted by Gasteiger charge is -2.27. The molecule has 6 heteroatoms. The minimum Gasteiger partial charge on any atom is -0.355 e. The molecule has 0 spiro atoms. The van der Waals surface area contributed by atoms with Gasteiger partial charge in [0, 0.05) is 31.7 Å². The van der Waals surface area contributed by atoms with Crippen molar-refractivity contribution in [2.45, 2.75) is 33.4 Å². The Bertz CT molecular complexity index is 450. The monoisotopic (exact) mass is 422 g/mol. The number of rotatable bonds is 7. The first kappa shape index (κ1) is 21.1. The van der Waals surface area contributed by atoms with Gasteiger partial charge in [-0.25, -0.2) is 4.39 Å². The first-order valence-electron chi connectivity index (χ1n) is 7.54. The second-order valence-electron chi connectivity index (χ2n) is 4.97. The van der Waals surface area contributed by atoms with E-state index in [4.69, 9.17) is 0 Å². The molecule has 2 N–H and O–H groups in total. The van der Waals surface area contributed by atoms with Crippen LogP contribution in [0.15, 0.2) is 29.3 Å². The van der Waals surface area contributed by atoms with Crippen LogP contribution in [0.1, 0.15) is 26.3 Å². The predicted octanol–water partition coefficient (Wildman–Crippen LogP) is 2.84. The van der Waals surface area contributed by atoms with Crippen molar-refractivity contribution in [2.24, 2.45) is 4.99 Å². The van der Waals surface area contributed by atoms with E-state index in [0.29, 0.717) is 24.1 Å². The lowest BCUT2D eigenvalue weighted by Crippen LogP contribution is -2.45. The van der Waals surface area contributed by atoms with Crippen molar-refractivity contribution in [1.82, 2.24) is 15.5 Å². The first-order chi connectivity index (χ1) is 10.1. The number of nitrogens with one attached hydrogen (secondary N) is 2. The van der Waals surface area contributed by atoms with E-state index in [-0.39, 0.29) is 29.8 Å². The molecule has 0 saturated heterocycles. The molecule has 4 nitrogen and oxygen atoms in total. The van der Waals surface area contributed by atoms with E-state index in [1.165, 1.54) is 6.07 Å². The molecule has 1 aromatic carbocycles. The zero-order chi connectivity index (χ0) is 15.7. The zero-order valence-electron chi connectivity index (χ0n) is 13.9. The number of halogens is 2. The molecule has 0 bridgehead atoms. The minimum absolute atomic E-state index is 0. The molecule has 0 aliphatic rings. The summed E-state index contributed by atoms with van der Waals surface area (Å²) in [7, 11) is 1.72. The first-order valence-corrected chi connectivity index (χ1v) is 7.54. The fourth-order valence-corrected chi connectivity index (χ4v) is 2.26. The number of nitrogens with zero attached hydrogens (tertiary/aromatic N) is 2. The molecule has 0 aromatic heterocycles. The van der Waals surface area contributed by atoms with E-state index in [2.05, 4.69) is 41.3 Å². The van der Waals surface area contributed by atoms with Gasteiger partial charge in [0.05, 0.1) is 0 Å². The molecule has 1 rings (SSSR count). The number of hydrogen-bond acceptors (Lipinski definition) is 2. The summed E-state index contributed by atoms with van der Waals surface area (Å²) in [5.41, 5.74) is 0.636. The van der Waals surface area contributed by atoms with Gasteiger partial charge in [0.1, 0.15) is 5.82 Å². The Hall–Kier alpha value is -0.890. The molecule has 1 aromatic rings. The second kappa shape index (κ2) is 11.6. The van der Waals surface area contributed by atoms with Crippen LogP contribution in [0, 0.1) is 5.82 Å². The third-order valence-electron chi connectivity index (χ3n) is 3.63. The lowest BCUT2D eigenvalue weighted by molar-refractivity contribution is 0.231. The topological polar surface area (TPSA) is 39.7 Å². The molecule has 0 saturated carbocycles. The van der Waals surface area contributed by atoms with Crippen molar-refractivity contribution in [3.63, 3.8) is 0 Å². The second-order valence-corrected chi connectivity index (χ2v) is 4.97. The molecule has 0 fully saturated rings. The number of hydrogen-bond donors (Lipinski definition) is 2. The van der Waals surface area contributed by atoms with E-state index in [9.17, 15) is 4.39 Å². The van der Waals surface area contributed by atoms with Gasteiger partial charge in [-0.3, -0.25) is 9.89 Å². The van der Waals surface area contributed by atoms with Gasteiger partial charge in [-0.2, -0.15) is 0 Å². The Morgan fingerprint density at radius 3 is 2.41 bits per heavy atom. The van der Waals surface area contributed by atoms with Crippen molar-refractivity contribution >= 4 is 29.9 Å². The van der Waals surface area contributed by atoms with Crippen molar-refractivity contribution in [3.05, 3.63) is 35.6 Å². The molecular weight excluding hydrogens is 394 g/mol. The van der Waals surface area contributed by atoms with Gasteiger partial charge < -0.3 is 10.6 Å². The van der Waals surface area contributed by atoms with Crippen LogP contribution < -0.4 is 10.6 Å². The molecule has 1 unspecified atom stereocenters. The van der Waals surface area contributed by atoms with Crippen molar-refractivity contribution < 1.29 is 4.39 Å². The molecular formula is C16H28FIN4. The molecule has 126 valence electrons. The van der Waals surface area contributed by atoms with Crippen LogP contribution in [0.3, 0.4) is 0 Å². The summed E-state index contributed by atoms with van der Waals surface area (Å²) < 4.78 is 13.5. The minimum atomic E-state index is -0.197. The maximum Gasteiger partial charge on any atom is 0.191 e. The van der Waals surface area contributed by atoms with Crippen LogP contribution in [-0.4, -0.2) is 43.6 Å². The summed E-state index contributed by atoms with van der Waals surface area (Å²) in [6, 6.07) is 7.19. The number of aliphatic imine (C=N–C) groups is 1. The summed E-state index contributed by atoms with van der Waals surface area (Å²) >= 11 is 0. The molecule has 1 atom stereocenters. The quantitative estimate of drug-likeness (QED) is 0.404. The van der Waals surface area contributed by atoms with Gasteiger partial charge in [0.25, 0.3) is 0 Å². The Morgan fingerprint density at radius 1 is 1.23 bits per heavy atom. The Morgan fingerprint density at radius 2 is 1.86 bits per heavy atom. The van der Waals surface area contributed by atoms with E-state index in [0.717, 1.165) is 19.6 Å². The Balaban J connectivity index is 0.00000441. The molecule has 0 amide bonds. The maximum absolute atomic E-state index is 13.5. The average Bonchev–Trinajstić information content (AvgIpc) is 2.50. The van der Waals surface area contributed by atoms with Gasteiger partial charge in [0.2, 0.25) is 0 Å². The Kier molecular flexibility index (Phi) is 11.2. The largest absolute Gasteiger partial charge is 0.355 e. The summed E-state index contributed by atoms with van der Waals surface area (Å²) in [6.07, 6.45) is 0. The standard InChI is InChI=1S/C16H27FN4.HI/c1-5-21(6-2)13(3)11-19-16(18-4)20-12-14-9-7-8-10-15(14)17;/h7-10,13H,5-6,11-12H2,1-4H3,(H2,18,19,20);1H. The van der Waals surface area contributed by atoms with Gasteiger partial charge in [-0.15, -0.1) is 24.0 Å². The maximum atomic E-state index is 13.5. The van der Waals surface area contributed by atoms with Crippen LogP contribution in [0.5, 0.6) is 0 Å². The van der Waals surface area contributed by atoms with E-state index in [1.807, 2.05) is 6.07 Å². The van der Waals surface area contributed by atoms with E-state index >= 15 is 0 Å². The number of benzene rings is 1. The lowest BCUT2D eigenvalue weighted by atomic mass is 10.2. The Labute approximate surface area is 150 Å². The highest BCUT2D eigenvalue weighted by molar-refractivity contribution is 14.0. The zero-order valence-corrected chi connectivity index (χ0v) is 16.2. The third-order valence-corrected chi connectivity index (χ3v) is 3.63. The number of likely N-dealkylation sites (N-methyl/N-ethyl adjacent to an activating group) is 1. The molecule has 0 aliphatic heterocycles. The fourth-order valence-electron chi connectivity index (χ4n) is 2.26. The van der Waals surface area contributed by atoms with E-state index in [1.54, 1.807) is 19.2 Å². The van der Waals surface area contributed by atoms with Crippen LogP contribution in [-0.2, 0) is 6.54 Å². The highest BCUT2D eigenvalue weighted by Gasteiger charge is 2.10. The van der Waals surface area contributed by atoms with Gasteiger partial charge in [0.15, 0.2) is 5.96 Å². The average molecular weight is 422 g/mol. The smallest absolute Gasteiger partial charge is 0.191 e. The summed E-state index contributed by atoms with van der Waals surface area (Å²) in [5.74, 6) is 0.495. The highest BCUT2D eigenvalue weighted by Crippen LogP contribution is 2.05. The fraction of sp³-hybridized carbons (Fsp3) is 0.562. The van der Waals surface area contributed by atoms with E-state index < -0.39 is 0 Å². The van der Waals surface area contributed by atoms with Crippen LogP contribution in [0.4, 0.5) is 4.39 Å². The van der Waals surface area contributed by atoms with Crippen LogP contribution in [0.25, 0.3) is 0 Å². The number of guanidine groups is 1. The van der Waals surface area contributed by atoms with Gasteiger partial charge in [-0.1, -0.05) is 32.0 Å². The third kappa shape index (κ3) is 6.91. The SMILES string of the molecule is CCN(CC)C(C)CNC(=NC)NCc1ccccc1F.I. The summed E-state index contributed by atoms with van der Waals surface area (Å²) in [6.45, 7) is 9.78. The molecule has 0 heterocycles. The van der Waals surface area contributed by atoms with Crippen molar-refractivity contribution in [1.29, 1.82) is 0 Å². The summed E-state index contributed by atoms with van der Waals surface area (Å²) in [5, 5.41) is 6.42. The van der Waals surface area contributed by atoms with Gasteiger partial charge in [-0.05, 0) is 26.1 Å².